The minimum Gasteiger partial charge on any atom is -0.338 e. The van der Waals surface area contributed by atoms with Gasteiger partial charge in [0.1, 0.15) is 17.4 Å². The molecule has 0 fully saturated rings. The normalized spacial score (nSPS) is 14.6. The summed E-state index contributed by atoms with van der Waals surface area (Å²) in [6.07, 6.45) is 4.77. The van der Waals surface area contributed by atoms with Crippen LogP contribution in [0.4, 0.5) is 0 Å². The minimum absolute atomic E-state index is 0.426. The van der Waals surface area contributed by atoms with E-state index in [4.69, 9.17) is 5.26 Å². The van der Waals surface area contributed by atoms with Gasteiger partial charge in [0.2, 0.25) is 0 Å². The predicted molar refractivity (Wildman–Crippen MR) is 104 cm³/mol. The Hall–Kier alpha value is -2.75. The Bertz CT molecular complexity index is 1180. The number of fused-ring (bicyclic) bond motifs is 4. The molecule has 0 aliphatic carbocycles. The van der Waals surface area contributed by atoms with Gasteiger partial charge in [0, 0.05) is 45.4 Å². The lowest BCUT2D eigenvalue weighted by atomic mass is 10.1. The lowest BCUT2D eigenvalue weighted by molar-refractivity contribution is 0.271. The van der Waals surface area contributed by atoms with E-state index >= 15 is 0 Å². The Labute approximate surface area is 154 Å². The van der Waals surface area contributed by atoms with Crippen molar-refractivity contribution in [3.63, 3.8) is 0 Å². The van der Waals surface area contributed by atoms with Gasteiger partial charge in [0.25, 0.3) is 0 Å². The largest absolute Gasteiger partial charge is 0.338 e. The molecule has 1 aliphatic heterocycles. The third-order valence-electron chi connectivity index (χ3n) is 5.14. The highest BCUT2D eigenvalue weighted by Crippen LogP contribution is 2.36. The number of nitrogens with one attached hydrogen (secondary N) is 1. The van der Waals surface area contributed by atoms with Crippen molar-refractivity contribution >= 4 is 33.3 Å². The molecule has 5 heterocycles. The van der Waals surface area contributed by atoms with Crippen molar-refractivity contribution in [2.45, 2.75) is 19.9 Å². The van der Waals surface area contributed by atoms with Gasteiger partial charge in [-0.15, -0.1) is 11.3 Å². The molecule has 0 aromatic carbocycles. The second-order valence-corrected chi connectivity index (χ2v) is 7.79. The molecule has 0 unspecified atom stereocenters. The number of rotatable bonds is 2. The number of hydrogen-bond donors (Lipinski definition) is 1. The van der Waals surface area contributed by atoms with Gasteiger partial charge in [-0.05, 0) is 36.7 Å². The number of aromatic nitrogens is 3. The molecule has 1 aliphatic rings. The fraction of sp³-hybridized carbons (Fsp3) is 0.250. The van der Waals surface area contributed by atoms with Gasteiger partial charge in [0.05, 0.1) is 11.7 Å². The van der Waals surface area contributed by atoms with Crippen LogP contribution in [0.5, 0.6) is 0 Å². The van der Waals surface area contributed by atoms with E-state index in [1.165, 1.54) is 15.3 Å². The molecule has 5 rings (SSSR count). The summed E-state index contributed by atoms with van der Waals surface area (Å²) in [6, 6.07) is 8.45. The maximum absolute atomic E-state index is 9.13. The maximum Gasteiger partial charge on any atom is 0.141 e. The highest BCUT2D eigenvalue weighted by Gasteiger charge is 2.19. The zero-order valence-electron chi connectivity index (χ0n) is 14.4. The molecule has 0 saturated heterocycles. The lowest BCUT2D eigenvalue weighted by Crippen LogP contribution is -2.28. The molecule has 0 spiro atoms. The molecule has 0 radical (unpaired) electrons. The quantitative estimate of drug-likeness (QED) is 0.585. The van der Waals surface area contributed by atoms with Crippen LogP contribution < -0.4 is 0 Å². The first-order valence-corrected chi connectivity index (χ1v) is 9.58. The molecule has 0 amide bonds. The van der Waals surface area contributed by atoms with E-state index in [1.54, 1.807) is 6.20 Å². The SMILES string of the molecule is CCN1CCc2cc(-c3cnc4[nH]c5cnc(C#N)cc5c4c3)sc2C1. The molecule has 0 saturated carbocycles. The van der Waals surface area contributed by atoms with Crippen LogP contribution in [0.1, 0.15) is 23.1 Å². The molecule has 1 N–H and O–H groups in total. The second kappa shape index (κ2) is 5.90. The zero-order valence-corrected chi connectivity index (χ0v) is 15.2. The monoisotopic (exact) mass is 359 g/mol. The van der Waals surface area contributed by atoms with Gasteiger partial charge in [-0.25, -0.2) is 9.97 Å². The summed E-state index contributed by atoms with van der Waals surface area (Å²) in [5, 5.41) is 11.2. The smallest absolute Gasteiger partial charge is 0.141 e. The fourth-order valence-electron chi connectivity index (χ4n) is 3.66. The number of nitriles is 1. The summed E-state index contributed by atoms with van der Waals surface area (Å²) < 4.78 is 0. The van der Waals surface area contributed by atoms with Gasteiger partial charge in [-0.1, -0.05) is 6.92 Å². The Kier molecular flexibility index (Phi) is 3.52. The van der Waals surface area contributed by atoms with Crippen LogP contribution >= 0.6 is 11.3 Å². The Balaban J connectivity index is 1.63. The average molecular weight is 359 g/mol. The highest BCUT2D eigenvalue weighted by molar-refractivity contribution is 7.15. The summed E-state index contributed by atoms with van der Waals surface area (Å²) in [7, 11) is 0. The van der Waals surface area contributed by atoms with Gasteiger partial charge in [-0.2, -0.15) is 5.26 Å². The van der Waals surface area contributed by atoms with E-state index in [9.17, 15) is 0 Å². The summed E-state index contributed by atoms with van der Waals surface area (Å²) in [4.78, 5) is 17.3. The van der Waals surface area contributed by atoms with E-state index in [0.29, 0.717) is 5.69 Å². The first-order chi connectivity index (χ1) is 12.7. The summed E-state index contributed by atoms with van der Waals surface area (Å²) in [6.45, 7) is 5.52. The van der Waals surface area contributed by atoms with Crippen LogP contribution in [-0.2, 0) is 13.0 Å². The molecular formula is C20H17N5S. The second-order valence-electron chi connectivity index (χ2n) is 6.65. The average Bonchev–Trinajstić information content (AvgIpc) is 3.27. The summed E-state index contributed by atoms with van der Waals surface area (Å²) >= 11 is 1.88. The molecule has 4 aromatic heterocycles. The lowest BCUT2D eigenvalue weighted by Gasteiger charge is -2.24. The molecule has 0 bridgehead atoms. The van der Waals surface area contributed by atoms with Crippen LogP contribution in [0.15, 0.2) is 30.6 Å². The summed E-state index contributed by atoms with van der Waals surface area (Å²) in [5.74, 6) is 0. The van der Waals surface area contributed by atoms with E-state index in [-0.39, 0.29) is 0 Å². The van der Waals surface area contributed by atoms with Crippen molar-refractivity contribution in [1.82, 2.24) is 19.9 Å². The summed E-state index contributed by atoms with van der Waals surface area (Å²) in [5.41, 5.74) is 4.78. The van der Waals surface area contributed by atoms with Crippen molar-refractivity contribution in [3.05, 3.63) is 46.7 Å². The van der Waals surface area contributed by atoms with Gasteiger partial charge >= 0.3 is 0 Å². The van der Waals surface area contributed by atoms with Crippen molar-refractivity contribution in [3.8, 4) is 16.5 Å². The fourth-order valence-corrected chi connectivity index (χ4v) is 4.89. The number of aromatic amines is 1. The maximum atomic E-state index is 9.13. The van der Waals surface area contributed by atoms with Crippen molar-refractivity contribution in [1.29, 1.82) is 5.26 Å². The number of likely N-dealkylation sites (N-methyl/N-ethyl adjacent to an activating group) is 1. The molecule has 26 heavy (non-hydrogen) atoms. The number of nitrogens with zero attached hydrogens (tertiary/aromatic N) is 4. The number of H-pyrrole nitrogens is 1. The number of hydrogen-bond acceptors (Lipinski definition) is 5. The Morgan fingerprint density at radius 1 is 1.23 bits per heavy atom. The van der Waals surface area contributed by atoms with Crippen LogP contribution in [0.2, 0.25) is 0 Å². The van der Waals surface area contributed by atoms with Crippen molar-refractivity contribution < 1.29 is 0 Å². The van der Waals surface area contributed by atoms with Crippen LogP contribution in [0, 0.1) is 11.3 Å². The van der Waals surface area contributed by atoms with Crippen LogP contribution in [0.3, 0.4) is 0 Å². The molecule has 128 valence electrons. The Morgan fingerprint density at radius 3 is 3.00 bits per heavy atom. The van der Waals surface area contributed by atoms with Crippen LogP contribution in [-0.4, -0.2) is 32.9 Å². The molecule has 5 nitrogen and oxygen atoms in total. The van der Waals surface area contributed by atoms with Gasteiger partial charge in [-0.3, -0.25) is 4.90 Å². The molecular weight excluding hydrogens is 342 g/mol. The topological polar surface area (TPSA) is 68.6 Å². The van der Waals surface area contributed by atoms with Gasteiger partial charge in [0.15, 0.2) is 0 Å². The number of pyridine rings is 2. The van der Waals surface area contributed by atoms with Crippen molar-refractivity contribution in [2.24, 2.45) is 0 Å². The predicted octanol–water partition coefficient (Wildman–Crippen LogP) is 4.09. The Morgan fingerprint density at radius 2 is 2.15 bits per heavy atom. The third kappa shape index (κ3) is 2.40. The van der Waals surface area contributed by atoms with Crippen molar-refractivity contribution in [2.75, 3.05) is 13.1 Å². The molecule has 4 aromatic rings. The van der Waals surface area contributed by atoms with E-state index in [2.05, 4.69) is 45.0 Å². The van der Waals surface area contributed by atoms with E-state index < -0.39 is 0 Å². The first kappa shape index (κ1) is 15.5. The number of thiophene rings is 1. The third-order valence-corrected chi connectivity index (χ3v) is 6.35. The standard InChI is InChI=1S/C20H17N5S/c1-2-25-4-3-12-6-18(26-19(12)11-25)13-5-16-15-7-14(8-21)22-10-17(15)24-20(16)23-9-13/h5-7,9-10H,2-4,11H2,1H3,(H,23,24). The highest BCUT2D eigenvalue weighted by atomic mass is 32.1. The van der Waals surface area contributed by atoms with E-state index in [0.717, 1.165) is 53.6 Å². The molecule has 6 heteroatoms. The zero-order chi connectivity index (χ0) is 17.7. The van der Waals surface area contributed by atoms with E-state index in [1.807, 2.05) is 23.6 Å². The first-order valence-electron chi connectivity index (χ1n) is 8.77. The molecule has 0 atom stereocenters. The minimum atomic E-state index is 0.426. The van der Waals surface area contributed by atoms with Crippen LogP contribution in [0.25, 0.3) is 32.4 Å². The van der Waals surface area contributed by atoms with Gasteiger partial charge < -0.3 is 4.98 Å².